The summed E-state index contributed by atoms with van der Waals surface area (Å²) in [7, 11) is 0. The second-order valence-corrected chi connectivity index (χ2v) is 4.38. The Morgan fingerprint density at radius 1 is 1.35 bits per heavy atom. The first-order valence-corrected chi connectivity index (χ1v) is 5.73. The zero-order chi connectivity index (χ0) is 12.4. The highest BCUT2D eigenvalue weighted by molar-refractivity contribution is 6.42. The van der Waals surface area contributed by atoms with E-state index in [2.05, 4.69) is 10.3 Å². The number of carboxylic acid groups (broad SMARTS) is 1. The molecule has 1 aromatic carbocycles. The molecule has 7 heteroatoms. The number of halogens is 2. The molecule has 0 fully saturated rings. The number of carboxylic acids is 1. The molecule has 0 spiro atoms. The van der Waals surface area contributed by atoms with Gasteiger partial charge in [0, 0.05) is 13.0 Å². The van der Waals surface area contributed by atoms with Gasteiger partial charge >= 0.3 is 5.97 Å². The van der Waals surface area contributed by atoms with Crippen molar-refractivity contribution in [2.45, 2.75) is 19.4 Å². The summed E-state index contributed by atoms with van der Waals surface area (Å²) in [4.78, 5) is 10.4. The van der Waals surface area contributed by atoms with Gasteiger partial charge in [0.2, 0.25) is 0 Å². The first kappa shape index (κ1) is 12.1. The summed E-state index contributed by atoms with van der Waals surface area (Å²) in [6, 6.07) is 3.32. The van der Waals surface area contributed by atoms with E-state index in [0.717, 1.165) is 5.52 Å². The molecule has 2 rings (SSSR count). The lowest BCUT2D eigenvalue weighted by Gasteiger charge is -2.01. The molecule has 5 nitrogen and oxygen atoms in total. The molecule has 0 saturated heterocycles. The molecule has 0 amide bonds. The Morgan fingerprint density at radius 3 is 2.76 bits per heavy atom. The second kappa shape index (κ2) is 4.89. The van der Waals surface area contributed by atoms with Gasteiger partial charge in [0.15, 0.2) is 0 Å². The van der Waals surface area contributed by atoms with Crippen molar-refractivity contribution in [2.24, 2.45) is 0 Å². The fourth-order valence-corrected chi connectivity index (χ4v) is 1.82. The summed E-state index contributed by atoms with van der Waals surface area (Å²) in [5.41, 5.74) is 1.40. The Bertz CT molecular complexity index is 568. The number of aromatic nitrogens is 3. The van der Waals surface area contributed by atoms with Gasteiger partial charge in [0.1, 0.15) is 5.52 Å². The van der Waals surface area contributed by atoms with Gasteiger partial charge in [-0.15, -0.1) is 5.10 Å². The lowest BCUT2D eigenvalue weighted by molar-refractivity contribution is -0.137. The molecule has 0 unspecified atom stereocenters. The second-order valence-electron chi connectivity index (χ2n) is 3.56. The highest BCUT2D eigenvalue weighted by Crippen LogP contribution is 2.26. The Hall–Kier alpha value is -1.33. The van der Waals surface area contributed by atoms with E-state index in [0.29, 0.717) is 28.5 Å². The maximum atomic E-state index is 10.4. The number of nitrogens with zero attached hydrogens (tertiary/aromatic N) is 3. The van der Waals surface area contributed by atoms with Gasteiger partial charge in [0.25, 0.3) is 0 Å². The number of benzene rings is 1. The predicted molar refractivity (Wildman–Crippen MR) is 64.4 cm³/mol. The van der Waals surface area contributed by atoms with Gasteiger partial charge in [-0.2, -0.15) is 0 Å². The average Bonchev–Trinajstić information content (AvgIpc) is 2.62. The van der Waals surface area contributed by atoms with Crippen molar-refractivity contribution >= 4 is 40.2 Å². The molecule has 0 radical (unpaired) electrons. The molecule has 90 valence electrons. The van der Waals surface area contributed by atoms with Crippen LogP contribution in [0.5, 0.6) is 0 Å². The molecule has 1 heterocycles. The molecule has 0 aliphatic heterocycles. The van der Waals surface area contributed by atoms with Gasteiger partial charge in [-0.05, 0) is 18.6 Å². The number of fused-ring (bicyclic) bond motifs is 1. The molecule has 2 aromatic rings. The molecule has 0 saturated carbocycles. The number of hydrogen-bond donors (Lipinski definition) is 1. The van der Waals surface area contributed by atoms with E-state index >= 15 is 0 Å². The summed E-state index contributed by atoms with van der Waals surface area (Å²) >= 11 is 11.8. The summed E-state index contributed by atoms with van der Waals surface area (Å²) in [5, 5.41) is 17.3. The van der Waals surface area contributed by atoms with Crippen LogP contribution < -0.4 is 0 Å². The lowest BCUT2D eigenvalue weighted by atomic mass is 10.3. The monoisotopic (exact) mass is 273 g/mol. The SMILES string of the molecule is O=C(O)CCCn1nnc2cc(Cl)c(Cl)cc21. The summed E-state index contributed by atoms with van der Waals surface area (Å²) < 4.78 is 1.63. The van der Waals surface area contributed by atoms with Crippen LogP contribution in [-0.2, 0) is 11.3 Å². The van der Waals surface area contributed by atoms with Gasteiger partial charge in [-0.3, -0.25) is 4.79 Å². The topological polar surface area (TPSA) is 68.0 Å². The molecule has 0 aliphatic rings. The molecular formula is C10H9Cl2N3O2. The average molecular weight is 274 g/mol. The minimum absolute atomic E-state index is 0.0999. The molecule has 0 aliphatic carbocycles. The molecular weight excluding hydrogens is 265 g/mol. The Labute approximate surface area is 107 Å². The number of hydrogen-bond acceptors (Lipinski definition) is 3. The van der Waals surface area contributed by atoms with Crippen LogP contribution in [-0.4, -0.2) is 26.1 Å². The Kier molecular flexibility index (Phi) is 3.49. The van der Waals surface area contributed by atoms with E-state index in [4.69, 9.17) is 28.3 Å². The lowest BCUT2D eigenvalue weighted by Crippen LogP contribution is -2.03. The van der Waals surface area contributed by atoms with Crippen LogP contribution in [0.1, 0.15) is 12.8 Å². The van der Waals surface area contributed by atoms with Crippen molar-refractivity contribution in [3.8, 4) is 0 Å². The fourth-order valence-electron chi connectivity index (χ4n) is 1.51. The van der Waals surface area contributed by atoms with Crippen molar-refractivity contribution in [3.63, 3.8) is 0 Å². The molecule has 1 aromatic heterocycles. The van der Waals surface area contributed by atoms with Crippen molar-refractivity contribution in [3.05, 3.63) is 22.2 Å². The van der Waals surface area contributed by atoms with E-state index in [1.807, 2.05) is 0 Å². The smallest absolute Gasteiger partial charge is 0.303 e. The maximum Gasteiger partial charge on any atom is 0.303 e. The number of rotatable bonds is 4. The van der Waals surface area contributed by atoms with Crippen molar-refractivity contribution in [2.75, 3.05) is 0 Å². The van der Waals surface area contributed by atoms with Gasteiger partial charge in [-0.25, -0.2) is 4.68 Å². The van der Waals surface area contributed by atoms with E-state index in [1.54, 1.807) is 16.8 Å². The molecule has 17 heavy (non-hydrogen) atoms. The number of aryl methyl sites for hydroxylation is 1. The van der Waals surface area contributed by atoms with E-state index < -0.39 is 5.97 Å². The third kappa shape index (κ3) is 2.68. The van der Waals surface area contributed by atoms with Gasteiger partial charge in [-0.1, -0.05) is 28.4 Å². The van der Waals surface area contributed by atoms with Crippen molar-refractivity contribution < 1.29 is 9.90 Å². The van der Waals surface area contributed by atoms with Crippen molar-refractivity contribution in [1.29, 1.82) is 0 Å². The van der Waals surface area contributed by atoms with Crippen LogP contribution >= 0.6 is 23.2 Å². The zero-order valence-electron chi connectivity index (χ0n) is 8.73. The van der Waals surface area contributed by atoms with Crippen LogP contribution in [0.25, 0.3) is 11.0 Å². The van der Waals surface area contributed by atoms with Crippen LogP contribution in [0.2, 0.25) is 10.0 Å². The maximum absolute atomic E-state index is 10.4. The minimum atomic E-state index is -0.824. The predicted octanol–water partition coefficient (Wildman–Crippen LogP) is 2.60. The quantitative estimate of drug-likeness (QED) is 0.930. The molecule has 1 N–H and O–H groups in total. The van der Waals surface area contributed by atoms with Crippen molar-refractivity contribution in [1.82, 2.24) is 15.0 Å². The van der Waals surface area contributed by atoms with Crippen LogP contribution in [0.4, 0.5) is 0 Å². The largest absolute Gasteiger partial charge is 0.481 e. The normalized spacial score (nSPS) is 10.9. The standard InChI is InChI=1S/C10H9Cl2N3O2/c11-6-4-8-9(5-7(6)12)15(14-13-8)3-1-2-10(16)17/h4-5H,1-3H2,(H,16,17). The highest BCUT2D eigenvalue weighted by Gasteiger charge is 2.08. The summed E-state index contributed by atoms with van der Waals surface area (Å²) in [6.45, 7) is 0.487. The van der Waals surface area contributed by atoms with E-state index in [-0.39, 0.29) is 6.42 Å². The van der Waals surface area contributed by atoms with Crippen LogP contribution in [0, 0.1) is 0 Å². The minimum Gasteiger partial charge on any atom is -0.481 e. The number of carbonyl (C=O) groups is 1. The van der Waals surface area contributed by atoms with E-state index in [1.165, 1.54) is 0 Å². The molecule has 0 bridgehead atoms. The first-order valence-electron chi connectivity index (χ1n) is 4.98. The summed E-state index contributed by atoms with van der Waals surface area (Å²) in [6.07, 6.45) is 0.594. The Morgan fingerprint density at radius 2 is 2.06 bits per heavy atom. The molecule has 0 atom stereocenters. The first-order chi connectivity index (χ1) is 8.08. The van der Waals surface area contributed by atoms with Gasteiger partial charge < -0.3 is 5.11 Å². The fraction of sp³-hybridized carbons (Fsp3) is 0.300. The highest BCUT2D eigenvalue weighted by atomic mass is 35.5. The Balaban J connectivity index is 2.23. The number of aliphatic carboxylic acids is 1. The van der Waals surface area contributed by atoms with Crippen LogP contribution in [0.3, 0.4) is 0 Å². The summed E-state index contributed by atoms with van der Waals surface area (Å²) in [5.74, 6) is -0.824. The third-order valence-electron chi connectivity index (χ3n) is 2.32. The van der Waals surface area contributed by atoms with Crippen LogP contribution in [0.15, 0.2) is 12.1 Å². The zero-order valence-corrected chi connectivity index (χ0v) is 10.2. The third-order valence-corrected chi connectivity index (χ3v) is 3.04. The van der Waals surface area contributed by atoms with E-state index in [9.17, 15) is 4.79 Å². The van der Waals surface area contributed by atoms with Gasteiger partial charge in [0.05, 0.1) is 15.6 Å².